The molecule has 2 aromatic carbocycles. The molecule has 142 valence electrons. The van der Waals surface area contributed by atoms with Crippen LogP contribution >= 0.6 is 0 Å². The van der Waals surface area contributed by atoms with Gasteiger partial charge in [-0.3, -0.25) is 4.79 Å². The molecule has 3 nitrogen and oxygen atoms in total. The fourth-order valence-electron chi connectivity index (χ4n) is 4.32. The van der Waals surface area contributed by atoms with Crippen LogP contribution in [-0.2, 0) is 14.9 Å². The molecule has 1 saturated heterocycles. The van der Waals surface area contributed by atoms with Gasteiger partial charge in [-0.25, -0.2) is 4.39 Å². The number of ether oxygens (including phenoxy) is 1. The molecule has 1 fully saturated rings. The maximum atomic E-state index is 13.3. The Morgan fingerprint density at radius 3 is 2.48 bits per heavy atom. The molecule has 0 aliphatic carbocycles. The van der Waals surface area contributed by atoms with Gasteiger partial charge in [0.1, 0.15) is 5.82 Å². The minimum atomic E-state index is -0.230. The third-order valence-corrected chi connectivity index (χ3v) is 6.25. The molecule has 0 unspecified atom stereocenters. The predicted octanol–water partition coefficient (Wildman–Crippen LogP) is 4.93. The maximum Gasteiger partial charge on any atom is 0.229 e. The Balaban J connectivity index is 1.78. The van der Waals surface area contributed by atoms with Crippen LogP contribution in [0.2, 0.25) is 0 Å². The van der Waals surface area contributed by atoms with E-state index in [-0.39, 0.29) is 23.1 Å². The normalized spacial score (nSPS) is 19.1. The zero-order chi connectivity index (χ0) is 19.0. The number of fused-ring (bicyclic) bond motifs is 2. The van der Waals surface area contributed by atoms with Crippen molar-refractivity contribution >= 4 is 11.6 Å². The third-order valence-electron chi connectivity index (χ3n) is 6.25. The number of benzene rings is 2. The first-order valence-electron chi connectivity index (χ1n) is 9.84. The van der Waals surface area contributed by atoms with Crippen LogP contribution in [0, 0.1) is 11.7 Å². The fourth-order valence-corrected chi connectivity index (χ4v) is 4.32. The van der Waals surface area contributed by atoms with Gasteiger partial charge in [0.05, 0.1) is 0 Å². The van der Waals surface area contributed by atoms with Crippen molar-refractivity contribution in [3.8, 4) is 11.1 Å². The number of rotatable bonds is 3. The van der Waals surface area contributed by atoms with Crippen LogP contribution in [0.15, 0.2) is 42.5 Å². The van der Waals surface area contributed by atoms with E-state index in [0.29, 0.717) is 0 Å². The van der Waals surface area contributed by atoms with E-state index in [2.05, 4.69) is 19.1 Å². The SMILES string of the molecule is CC[C@@H](C)C(=O)N1CC2(CCOCC2)c2cc(-c3ccc(F)cc3)ccc21. The van der Waals surface area contributed by atoms with Crippen molar-refractivity contribution in [3.63, 3.8) is 0 Å². The second-order valence-corrected chi connectivity index (χ2v) is 7.87. The van der Waals surface area contributed by atoms with E-state index in [1.165, 1.54) is 17.7 Å². The summed E-state index contributed by atoms with van der Waals surface area (Å²) in [6.07, 6.45) is 2.70. The molecular formula is C23H26FNO2. The number of amides is 1. The summed E-state index contributed by atoms with van der Waals surface area (Å²) >= 11 is 0. The standard InChI is InChI=1S/C23H26FNO2/c1-3-16(2)22(26)25-15-23(10-12-27-13-11-23)20-14-18(6-9-21(20)25)17-4-7-19(24)8-5-17/h4-9,14,16H,3,10-13,15H2,1-2H3/t16-/m1/s1. The van der Waals surface area contributed by atoms with E-state index >= 15 is 0 Å². The van der Waals surface area contributed by atoms with E-state index in [4.69, 9.17) is 4.74 Å². The van der Waals surface area contributed by atoms with Crippen molar-refractivity contribution in [1.82, 2.24) is 0 Å². The zero-order valence-corrected chi connectivity index (χ0v) is 16.0. The van der Waals surface area contributed by atoms with Gasteiger partial charge in [0.15, 0.2) is 0 Å². The highest BCUT2D eigenvalue weighted by atomic mass is 19.1. The molecule has 27 heavy (non-hydrogen) atoms. The molecule has 1 atom stereocenters. The summed E-state index contributed by atoms with van der Waals surface area (Å²) in [7, 11) is 0. The van der Waals surface area contributed by atoms with Crippen LogP contribution in [0.5, 0.6) is 0 Å². The van der Waals surface area contributed by atoms with Crippen molar-refractivity contribution in [2.45, 2.75) is 38.5 Å². The summed E-state index contributed by atoms with van der Waals surface area (Å²) in [6, 6.07) is 12.9. The van der Waals surface area contributed by atoms with Crippen molar-refractivity contribution < 1.29 is 13.9 Å². The second-order valence-electron chi connectivity index (χ2n) is 7.87. The van der Waals surface area contributed by atoms with E-state index < -0.39 is 0 Å². The Bertz CT molecular complexity index is 840. The van der Waals surface area contributed by atoms with Crippen LogP contribution in [0.25, 0.3) is 11.1 Å². The average Bonchev–Trinajstić information content (AvgIpc) is 3.01. The number of anilines is 1. The van der Waals surface area contributed by atoms with Gasteiger partial charge in [-0.15, -0.1) is 0 Å². The van der Waals surface area contributed by atoms with Gasteiger partial charge in [-0.2, -0.15) is 0 Å². The molecule has 4 heteroatoms. The lowest BCUT2D eigenvalue weighted by atomic mass is 9.75. The van der Waals surface area contributed by atoms with Gasteiger partial charge in [-0.1, -0.05) is 32.0 Å². The molecule has 1 spiro atoms. The quantitative estimate of drug-likeness (QED) is 0.769. The van der Waals surface area contributed by atoms with E-state index in [9.17, 15) is 9.18 Å². The Labute approximate surface area is 160 Å². The number of hydrogen-bond donors (Lipinski definition) is 0. The van der Waals surface area contributed by atoms with Gasteiger partial charge in [0, 0.05) is 36.8 Å². The fraction of sp³-hybridized carbons (Fsp3) is 0.435. The van der Waals surface area contributed by atoms with Crippen LogP contribution in [0.4, 0.5) is 10.1 Å². The number of halogens is 1. The predicted molar refractivity (Wildman–Crippen MR) is 105 cm³/mol. The number of carbonyl (C=O) groups is 1. The van der Waals surface area contributed by atoms with Crippen LogP contribution in [-0.4, -0.2) is 25.7 Å². The molecule has 2 heterocycles. The van der Waals surface area contributed by atoms with Crippen molar-refractivity contribution in [3.05, 3.63) is 53.8 Å². The molecule has 2 aliphatic heterocycles. The van der Waals surface area contributed by atoms with Gasteiger partial charge in [0.2, 0.25) is 5.91 Å². The first kappa shape index (κ1) is 18.2. The van der Waals surface area contributed by atoms with Crippen LogP contribution in [0.1, 0.15) is 38.7 Å². The van der Waals surface area contributed by atoms with Crippen molar-refractivity contribution in [2.24, 2.45) is 5.92 Å². The largest absolute Gasteiger partial charge is 0.381 e. The lowest BCUT2D eigenvalue weighted by Gasteiger charge is -2.34. The third kappa shape index (κ3) is 3.16. The van der Waals surface area contributed by atoms with Gasteiger partial charge < -0.3 is 9.64 Å². The van der Waals surface area contributed by atoms with Crippen LogP contribution in [0.3, 0.4) is 0 Å². The Hall–Kier alpha value is -2.20. The molecule has 0 radical (unpaired) electrons. The summed E-state index contributed by atoms with van der Waals surface area (Å²) in [5.41, 5.74) is 4.30. The van der Waals surface area contributed by atoms with Crippen molar-refractivity contribution in [1.29, 1.82) is 0 Å². The molecule has 0 aromatic heterocycles. The molecule has 2 aliphatic rings. The molecule has 1 amide bonds. The highest BCUT2D eigenvalue weighted by molar-refractivity contribution is 5.98. The molecule has 0 saturated carbocycles. The Morgan fingerprint density at radius 1 is 1.15 bits per heavy atom. The molecule has 4 rings (SSSR count). The van der Waals surface area contributed by atoms with Crippen LogP contribution < -0.4 is 4.90 Å². The molecule has 2 aromatic rings. The molecular weight excluding hydrogens is 341 g/mol. The van der Waals surface area contributed by atoms with E-state index in [1.54, 1.807) is 0 Å². The average molecular weight is 367 g/mol. The monoisotopic (exact) mass is 367 g/mol. The first-order chi connectivity index (χ1) is 13.0. The summed E-state index contributed by atoms with van der Waals surface area (Å²) < 4.78 is 18.9. The first-order valence-corrected chi connectivity index (χ1v) is 9.84. The summed E-state index contributed by atoms with van der Waals surface area (Å²) in [5.74, 6) is -0.00704. The Kier molecular flexibility index (Phi) is 4.77. The zero-order valence-electron chi connectivity index (χ0n) is 16.0. The summed E-state index contributed by atoms with van der Waals surface area (Å²) in [5, 5.41) is 0. The van der Waals surface area contributed by atoms with E-state index in [1.807, 2.05) is 30.0 Å². The van der Waals surface area contributed by atoms with Gasteiger partial charge in [0.25, 0.3) is 0 Å². The number of carbonyl (C=O) groups excluding carboxylic acids is 1. The minimum absolute atomic E-state index is 0.0182. The van der Waals surface area contributed by atoms with Crippen molar-refractivity contribution in [2.75, 3.05) is 24.7 Å². The summed E-state index contributed by atoms with van der Waals surface area (Å²) in [6.45, 7) is 6.25. The minimum Gasteiger partial charge on any atom is -0.381 e. The molecule has 0 N–H and O–H groups in total. The topological polar surface area (TPSA) is 29.5 Å². The maximum absolute atomic E-state index is 13.3. The lowest BCUT2D eigenvalue weighted by Crippen LogP contribution is -2.42. The molecule has 0 bridgehead atoms. The highest BCUT2D eigenvalue weighted by Gasteiger charge is 2.46. The van der Waals surface area contributed by atoms with Gasteiger partial charge in [-0.05, 0) is 60.2 Å². The number of hydrogen-bond acceptors (Lipinski definition) is 2. The summed E-state index contributed by atoms with van der Waals surface area (Å²) in [4.78, 5) is 15.0. The second kappa shape index (κ2) is 7.08. The lowest BCUT2D eigenvalue weighted by molar-refractivity contribution is -0.122. The van der Waals surface area contributed by atoms with Gasteiger partial charge >= 0.3 is 0 Å². The number of nitrogens with zero attached hydrogens (tertiary/aromatic N) is 1. The van der Waals surface area contributed by atoms with E-state index in [0.717, 1.165) is 55.8 Å². The smallest absolute Gasteiger partial charge is 0.229 e. The highest BCUT2D eigenvalue weighted by Crippen LogP contribution is 2.48. The Morgan fingerprint density at radius 2 is 1.81 bits per heavy atom.